The first-order chi connectivity index (χ1) is 15.3. The summed E-state index contributed by atoms with van der Waals surface area (Å²) in [5.74, 6) is 5.89. The van der Waals surface area contributed by atoms with E-state index in [4.69, 9.17) is 15.8 Å². The van der Waals surface area contributed by atoms with Crippen LogP contribution in [0.4, 0.5) is 0 Å². The molecular weight excluding hydrogens is 410 g/mol. The van der Waals surface area contributed by atoms with Crippen molar-refractivity contribution in [2.45, 2.75) is 19.8 Å². The van der Waals surface area contributed by atoms with Gasteiger partial charge in [-0.25, -0.2) is 0 Å². The number of ether oxygens (including phenoxy) is 1. The average molecular weight is 435 g/mol. The van der Waals surface area contributed by atoms with Crippen LogP contribution < -0.4 is 10.6 Å². The van der Waals surface area contributed by atoms with Crippen molar-refractivity contribution in [1.29, 1.82) is 5.26 Å². The Bertz CT molecular complexity index is 1100. The number of amides is 1. The Morgan fingerprint density at radius 1 is 1.28 bits per heavy atom. The zero-order chi connectivity index (χ0) is 23.3. The topological polar surface area (TPSA) is 145 Å². The number of hydrogen-bond donors (Lipinski definition) is 3. The van der Waals surface area contributed by atoms with Crippen molar-refractivity contribution in [2.24, 2.45) is 15.9 Å². The third kappa shape index (κ3) is 4.98. The Balaban J connectivity index is 1.72. The van der Waals surface area contributed by atoms with Gasteiger partial charge in [0.2, 0.25) is 5.91 Å². The second-order valence-corrected chi connectivity index (χ2v) is 7.62. The lowest BCUT2D eigenvalue weighted by Gasteiger charge is -2.27. The molecule has 0 saturated heterocycles. The van der Waals surface area contributed by atoms with Crippen LogP contribution in [0.2, 0.25) is 0 Å². The normalized spacial score (nSPS) is 14.3. The van der Waals surface area contributed by atoms with E-state index in [0.29, 0.717) is 34.7 Å². The summed E-state index contributed by atoms with van der Waals surface area (Å²) >= 11 is 0. The Hall–Kier alpha value is -4.06. The Morgan fingerprint density at radius 3 is 2.62 bits per heavy atom. The van der Waals surface area contributed by atoms with Crippen molar-refractivity contribution in [3.8, 4) is 23.3 Å². The van der Waals surface area contributed by atoms with Crippen LogP contribution in [0.15, 0.2) is 46.5 Å². The van der Waals surface area contributed by atoms with Gasteiger partial charge in [-0.15, -0.1) is 0 Å². The maximum atomic E-state index is 12.3. The molecular formula is C23H25N5O4. The van der Waals surface area contributed by atoms with E-state index < -0.39 is 0 Å². The summed E-state index contributed by atoms with van der Waals surface area (Å²) in [6, 6.07) is 11.6. The van der Waals surface area contributed by atoms with Gasteiger partial charge in [0.1, 0.15) is 36.1 Å². The van der Waals surface area contributed by atoms with Crippen molar-refractivity contribution < 1.29 is 19.7 Å². The molecule has 166 valence electrons. The molecule has 0 fully saturated rings. The predicted molar refractivity (Wildman–Crippen MR) is 120 cm³/mol. The molecule has 0 aromatic heterocycles. The number of benzene rings is 2. The van der Waals surface area contributed by atoms with E-state index in [1.807, 2.05) is 19.9 Å². The largest absolute Gasteiger partial charge is 0.508 e. The molecule has 2 aromatic rings. The van der Waals surface area contributed by atoms with Crippen LogP contribution in [0, 0.1) is 11.3 Å². The fourth-order valence-corrected chi connectivity index (χ4v) is 3.38. The van der Waals surface area contributed by atoms with Gasteiger partial charge >= 0.3 is 0 Å². The van der Waals surface area contributed by atoms with Crippen molar-refractivity contribution >= 4 is 17.3 Å². The molecule has 1 aliphatic heterocycles. The zero-order valence-corrected chi connectivity index (χ0v) is 17.9. The average Bonchev–Trinajstić information content (AvgIpc) is 2.77. The Morgan fingerprint density at radius 2 is 2.00 bits per heavy atom. The van der Waals surface area contributed by atoms with E-state index in [1.54, 1.807) is 35.2 Å². The van der Waals surface area contributed by atoms with Gasteiger partial charge in [-0.3, -0.25) is 9.79 Å². The first-order valence-corrected chi connectivity index (χ1v) is 10.1. The lowest BCUT2D eigenvalue weighted by Crippen LogP contribution is -2.45. The summed E-state index contributed by atoms with van der Waals surface area (Å²) in [7, 11) is 0. The lowest BCUT2D eigenvalue weighted by atomic mass is 9.95. The van der Waals surface area contributed by atoms with Gasteiger partial charge in [0, 0.05) is 11.6 Å². The predicted octanol–water partition coefficient (Wildman–Crippen LogP) is 2.12. The number of nitriles is 1. The molecule has 0 radical (unpaired) electrons. The number of nitrogens with zero attached hydrogens (tertiary/aromatic N) is 4. The molecule has 0 atom stereocenters. The van der Waals surface area contributed by atoms with Crippen LogP contribution >= 0.6 is 0 Å². The third-order valence-electron chi connectivity index (χ3n) is 5.14. The zero-order valence-electron chi connectivity index (χ0n) is 17.9. The highest BCUT2D eigenvalue weighted by Gasteiger charge is 2.26. The summed E-state index contributed by atoms with van der Waals surface area (Å²) in [6.07, 6.45) is 0. The number of hydrogen-bond acceptors (Lipinski definition) is 8. The monoisotopic (exact) mass is 435 g/mol. The number of phenols is 2. The number of aliphatic imine (C=N–C) groups is 1. The molecule has 0 bridgehead atoms. The number of phenolic OH excluding ortho intramolecular Hbond substituents is 2. The molecule has 9 nitrogen and oxygen atoms in total. The molecule has 1 aliphatic rings. The van der Waals surface area contributed by atoms with Crippen molar-refractivity contribution in [3.05, 3.63) is 53.1 Å². The second kappa shape index (κ2) is 9.83. The van der Waals surface area contributed by atoms with Crippen LogP contribution in [-0.2, 0) is 4.79 Å². The molecule has 2 aromatic carbocycles. The van der Waals surface area contributed by atoms with Gasteiger partial charge in [0.25, 0.3) is 0 Å². The van der Waals surface area contributed by atoms with Crippen LogP contribution in [0.3, 0.4) is 0 Å². The number of aromatic hydroxyl groups is 2. The van der Waals surface area contributed by atoms with E-state index in [2.05, 4.69) is 10.1 Å². The molecule has 1 amide bonds. The number of carbonyl (C=O) groups excluding carboxylic acids is 1. The Kier molecular flexibility index (Phi) is 6.95. The number of carbonyl (C=O) groups is 1. The SMILES string of the molecule is CC(C)c1cc(C(=NN)C2=NCC(=O)N(CCOc3ccc(C#N)cc3)C2)c(O)cc1O. The fraction of sp³-hybridized carbons (Fsp3) is 0.304. The van der Waals surface area contributed by atoms with Crippen LogP contribution in [0.1, 0.15) is 36.5 Å². The van der Waals surface area contributed by atoms with E-state index in [9.17, 15) is 15.0 Å². The third-order valence-corrected chi connectivity index (χ3v) is 5.14. The summed E-state index contributed by atoms with van der Waals surface area (Å²) in [4.78, 5) is 18.2. The van der Waals surface area contributed by atoms with E-state index >= 15 is 0 Å². The van der Waals surface area contributed by atoms with Crippen molar-refractivity contribution in [1.82, 2.24) is 4.90 Å². The highest BCUT2D eigenvalue weighted by Crippen LogP contribution is 2.33. The van der Waals surface area contributed by atoms with E-state index in [-0.39, 0.29) is 48.7 Å². The highest BCUT2D eigenvalue weighted by molar-refractivity contribution is 6.50. The second-order valence-electron chi connectivity index (χ2n) is 7.62. The van der Waals surface area contributed by atoms with Crippen molar-refractivity contribution in [3.63, 3.8) is 0 Å². The summed E-state index contributed by atoms with van der Waals surface area (Å²) in [5, 5.41) is 33.2. The van der Waals surface area contributed by atoms with E-state index in [0.717, 1.165) is 0 Å². The highest BCUT2D eigenvalue weighted by atomic mass is 16.5. The number of hydrazone groups is 1. The molecule has 32 heavy (non-hydrogen) atoms. The van der Waals surface area contributed by atoms with Crippen LogP contribution in [0.5, 0.6) is 17.2 Å². The summed E-state index contributed by atoms with van der Waals surface area (Å²) in [6.45, 7) is 4.49. The van der Waals surface area contributed by atoms with Gasteiger partial charge in [-0.2, -0.15) is 10.4 Å². The molecule has 0 spiro atoms. The minimum atomic E-state index is -0.175. The van der Waals surface area contributed by atoms with E-state index in [1.165, 1.54) is 6.07 Å². The first-order valence-electron chi connectivity index (χ1n) is 10.1. The molecule has 0 unspecified atom stereocenters. The van der Waals surface area contributed by atoms with Crippen molar-refractivity contribution in [2.75, 3.05) is 26.2 Å². The van der Waals surface area contributed by atoms with Gasteiger partial charge < -0.3 is 25.7 Å². The Labute approximate surface area is 186 Å². The molecule has 1 heterocycles. The van der Waals surface area contributed by atoms with Gasteiger partial charge in [0.05, 0.1) is 30.4 Å². The fourth-order valence-electron chi connectivity index (χ4n) is 3.38. The van der Waals surface area contributed by atoms with Gasteiger partial charge in [-0.1, -0.05) is 13.8 Å². The minimum Gasteiger partial charge on any atom is -0.508 e. The molecule has 0 saturated carbocycles. The number of nitrogens with two attached hydrogens (primary N) is 1. The van der Waals surface area contributed by atoms with Crippen LogP contribution in [0.25, 0.3) is 0 Å². The summed E-state index contributed by atoms with van der Waals surface area (Å²) < 4.78 is 5.67. The smallest absolute Gasteiger partial charge is 0.244 e. The lowest BCUT2D eigenvalue weighted by molar-refractivity contribution is -0.129. The summed E-state index contributed by atoms with van der Waals surface area (Å²) in [5.41, 5.74) is 2.24. The quantitative estimate of drug-likeness (QED) is 0.345. The standard InChI is InChI=1S/C23H25N5O4/c1-14(2)17-9-18(21(30)10-20(17)29)23(27-25)19-13-28(22(31)12-26-19)7-8-32-16-5-3-15(11-24)4-6-16/h3-6,9-10,14,29-30H,7-8,12-13,25H2,1-2H3. The number of rotatable bonds is 7. The maximum absolute atomic E-state index is 12.3. The van der Waals surface area contributed by atoms with Gasteiger partial charge in [-0.05, 0) is 41.8 Å². The first kappa shape index (κ1) is 22.6. The maximum Gasteiger partial charge on any atom is 0.244 e. The molecule has 3 rings (SSSR count). The molecule has 9 heteroatoms. The minimum absolute atomic E-state index is 0.0131. The van der Waals surface area contributed by atoms with Crippen LogP contribution in [-0.4, -0.2) is 58.7 Å². The van der Waals surface area contributed by atoms with Gasteiger partial charge in [0.15, 0.2) is 0 Å². The molecule has 0 aliphatic carbocycles. The molecule has 4 N–H and O–H groups in total.